The highest BCUT2D eigenvalue weighted by atomic mass is 16.5. The lowest BCUT2D eigenvalue weighted by Gasteiger charge is -2.41. The van der Waals surface area contributed by atoms with Gasteiger partial charge in [-0.05, 0) is 43.2 Å². The maximum absolute atomic E-state index is 14.2. The molecule has 2 aromatic carbocycles. The molecule has 1 fully saturated rings. The number of nitrogens with zero attached hydrogens (tertiary/aromatic N) is 6. The maximum Gasteiger partial charge on any atom is 0.321 e. The number of rotatable bonds is 10. The minimum absolute atomic E-state index is 0.105. The SMILES string of the molecule is COc1ccc(NC(=O)N2CCN(c3cc(C(C)C)nc(-n4ccnc4)n3)C(C(=O)NC(C)c3cccc(OC)c3OC)C2)cc1. The van der Waals surface area contributed by atoms with Gasteiger partial charge in [0.25, 0.3) is 0 Å². The quantitative estimate of drug-likeness (QED) is 0.262. The van der Waals surface area contributed by atoms with Crippen molar-refractivity contribution in [3.8, 4) is 23.2 Å². The van der Waals surface area contributed by atoms with Gasteiger partial charge in [-0.25, -0.2) is 14.8 Å². The second-order valence-electron chi connectivity index (χ2n) is 11.2. The standard InChI is InChI=1S/C33H40N8O5/c1-21(2)26-18-29(38-32(37-26)40-15-14-34-20-40)41-17-16-39(33(43)36-23-10-12-24(44-4)13-11-23)19-27(41)31(42)35-22(3)25-8-7-9-28(45-5)30(25)46-6/h7-15,18,20-22,27H,16-17,19H2,1-6H3,(H,35,42)(H,36,43). The topological polar surface area (TPSA) is 136 Å². The maximum atomic E-state index is 14.2. The van der Waals surface area contributed by atoms with Gasteiger partial charge >= 0.3 is 6.03 Å². The van der Waals surface area contributed by atoms with Crippen LogP contribution in [0.1, 0.15) is 44.0 Å². The Bertz CT molecular complexity index is 1640. The summed E-state index contributed by atoms with van der Waals surface area (Å²) in [4.78, 5) is 45.0. The largest absolute Gasteiger partial charge is 0.497 e. The molecule has 3 amide bonds. The number of aromatic nitrogens is 4. The number of carbonyl (C=O) groups is 2. The van der Waals surface area contributed by atoms with E-state index in [-0.39, 0.29) is 24.4 Å². The number of amides is 3. The highest BCUT2D eigenvalue weighted by molar-refractivity contribution is 5.91. The van der Waals surface area contributed by atoms with E-state index in [0.29, 0.717) is 47.8 Å². The molecule has 2 unspecified atom stereocenters. The van der Waals surface area contributed by atoms with Crippen LogP contribution in [0.15, 0.2) is 67.3 Å². The van der Waals surface area contributed by atoms with E-state index < -0.39 is 12.1 Å². The second kappa shape index (κ2) is 14.2. The molecule has 0 bridgehead atoms. The van der Waals surface area contributed by atoms with Crippen molar-refractivity contribution in [3.05, 3.63) is 78.5 Å². The summed E-state index contributed by atoms with van der Waals surface area (Å²) < 4.78 is 18.1. The third-order valence-electron chi connectivity index (χ3n) is 7.91. The first-order valence-corrected chi connectivity index (χ1v) is 15.1. The normalized spacial score (nSPS) is 15.3. The molecule has 4 aromatic rings. The zero-order valence-corrected chi connectivity index (χ0v) is 26.9. The van der Waals surface area contributed by atoms with Crippen LogP contribution < -0.4 is 29.7 Å². The fourth-order valence-corrected chi connectivity index (χ4v) is 5.36. The average molecular weight is 629 g/mol. The van der Waals surface area contributed by atoms with Crippen LogP contribution >= 0.6 is 0 Å². The third kappa shape index (κ3) is 6.98. The highest BCUT2D eigenvalue weighted by Crippen LogP contribution is 2.35. The molecule has 2 aromatic heterocycles. The van der Waals surface area contributed by atoms with Crippen molar-refractivity contribution < 1.29 is 23.8 Å². The lowest BCUT2D eigenvalue weighted by atomic mass is 10.0. The summed E-state index contributed by atoms with van der Waals surface area (Å²) in [5, 5.41) is 6.08. The van der Waals surface area contributed by atoms with Gasteiger partial charge in [0, 0.05) is 42.8 Å². The van der Waals surface area contributed by atoms with E-state index in [4.69, 9.17) is 24.2 Å². The van der Waals surface area contributed by atoms with Crippen molar-refractivity contribution in [2.75, 3.05) is 51.2 Å². The summed E-state index contributed by atoms with van der Waals surface area (Å²) >= 11 is 0. The average Bonchev–Trinajstić information content (AvgIpc) is 3.63. The highest BCUT2D eigenvalue weighted by Gasteiger charge is 2.37. The van der Waals surface area contributed by atoms with E-state index in [2.05, 4.69) is 29.5 Å². The number of nitrogens with one attached hydrogen (secondary N) is 2. The lowest BCUT2D eigenvalue weighted by Crippen LogP contribution is -2.61. The first-order valence-electron chi connectivity index (χ1n) is 15.1. The number of ether oxygens (including phenoxy) is 3. The van der Waals surface area contributed by atoms with E-state index in [9.17, 15) is 9.59 Å². The van der Waals surface area contributed by atoms with Crippen LogP contribution in [0.2, 0.25) is 0 Å². The molecule has 242 valence electrons. The predicted molar refractivity (Wildman–Crippen MR) is 174 cm³/mol. The lowest BCUT2D eigenvalue weighted by molar-refractivity contribution is -0.123. The van der Waals surface area contributed by atoms with Gasteiger partial charge in [-0.2, -0.15) is 4.98 Å². The van der Waals surface area contributed by atoms with Gasteiger partial charge < -0.3 is 34.6 Å². The summed E-state index contributed by atoms with van der Waals surface area (Å²) in [6.07, 6.45) is 5.08. The Morgan fingerprint density at radius 2 is 1.74 bits per heavy atom. The minimum Gasteiger partial charge on any atom is -0.497 e. The smallest absolute Gasteiger partial charge is 0.321 e. The molecule has 0 saturated carbocycles. The molecule has 5 rings (SSSR count). The number of methoxy groups -OCH3 is 3. The first-order chi connectivity index (χ1) is 22.2. The Labute approximate surface area is 268 Å². The Kier molecular flexibility index (Phi) is 9.89. The fourth-order valence-electron chi connectivity index (χ4n) is 5.36. The van der Waals surface area contributed by atoms with Gasteiger partial charge in [0.2, 0.25) is 11.9 Å². The number of piperazine rings is 1. The molecule has 46 heavy (non-hydrogen) atoms. The number of urea groups is 1. The van der Waals surface area contributed by atoms with Crippen molar-refractivity contribution >= 4 is 23.4 Å². The molecule has 0 radical (unpaired) electrons. The van der Waals surface area contributed by atoms with Crippen molar-refractivity contribution in [2.24, 2.45) is 0 Å². The zero-order valence-electron chi connectivity index (χ0n) is 26.9. The Morgan fingerprint density at radius 3 is 2.39 bits per heavy atom. The minimum atomic E-state index is -0.764. The molecule has 1 aliphatic heterocycles. The summed E-state index contributed by atoms with van der Waals surface area (Å²) in [7, 11) is 4.72. The zero-order chi connectivity index (χ0) is 32.8. The monoisotopic (exact) mass is 628 g/mol. The Hall–Kier alpha value is -5.33. The molecule has 1 saturated heterocycles. The molecule has 2 N–H and O–H groups in total. The molecular formula is C33H40N8O5. The molecule has 1 aliphatic rings. The molecule has 3 heterocycles. The Morgan fingerprint density at radius 1 is 0.957 bits per heavy atom. The van der Waals surface area contributed by atoms with E-state index >= 15 is 0 Å². The number of carbonyl (C=O) groups excluding carboxylic acids is 2. The first kappa shape index (κ1) is 32.1. The van der Waals surface area contributed by atoms with Crippen molar-refractivity contribution in [2.45, 2.75) is 38.8 Å². The molecule has 2 atom stereocenters. The van der Waals surface area contributed by atoms with E-state index in [0.717, 1.165) is 11.3 Å². The second-order valence-corrected chi connectivity index (χ2v) is 11.2. The molecule has 0 aliphatic carbocycles. The third-order valence-corrected chi connectivity index (χ3v) is 7.91. The number of benzene rings is 2. The molecule has 0 spiro atoms. The van der Waals surface area contributed by atoms with E-state index in [1.54, 1.807) is 79.8 Å². The number of anilines is 2. The van der Waals surface area contributed by atoms with Gasteiger partial charge in [0.1, 0.15) is 23.9 Å². The molecular weight excluding hydrogens is 588 g/mol. The summed E-state index contributed by atoms with van der Waals surface area (Å²) in [6.45, 7) is 6.85. The Balaban J connectivity index is 1.46. The van der Waals surface area contributed by atoms with Gasteiger partial charge in [-0.3, -0.25) is 9.36 Å². The van der Waals surface area contributed by atoms with Gasteiger partial charge in [-0.1, -0.05) is 26.0 Å². The van der Waals surface area contributed by atoms with E-state index in [1.807, 2.05) is 30.0 Å². The van der Waals surface area contributed by atoms with Crippen molar-refractivity contribution in [1.29, 1.82) is 0 Å². The number of hydrogen-bond acceptors (Lipinski definition) is 9. The van der Waals surface area contributed by atoms with Crippen LogP contribution in [-0.2, 0) is 4.79 Å². The van der Waals surface area contributed by atoms with Crippen molar-refractivity contribution in [3.63, 3.8) is 0 Å². The number of imidazole rings is 1. The molecule has 13 nitrogen and oxygen atoms in total. The number of hydrogen-bond donors (Lipinski definition) is 2. The van der Waals surface area contributed by atoms with Crippen LogP contribution in [0.3, 0.4) is 0 Å². The van der Waals surface area contributed by atoms with Crippen LogP contribution in [0.4, 0.5) is 16.3 Å². The van der Waals surface area contributed by atoms with Crippen molar-refractivity contribution in [1.82, 2.24) is 29.7 Å². The van der Waals surface area contributed by atoms with E-state index in [1.165, 1.54) is 0 Å². The van der Waals surface area contributed by atoms with Gasteiger partial charge in [0.05, 0.1) is 39.6 Å². The summed E-state index contributed by atoms with van der Waals surface area (Å²) in [5.41, 5.74) is 2.20. The fraction of sp³-hybridized carbons (Fsp3) is 0.364. The van der Waals surface area contributed by atoms with Gasteiger partial charge in [0.15, 0.2) is 11.5 Å². The predicted octanol–water partition coefficient (Wildman–Crippen LogP) is 4.41. The summed E-state index contributed by atoms with van der Waals surface area (Å²) in [6, 6.07) is 13.0. The number of para-hydroxylation sites is 1. The molecule has 13 heteroatoms. The van der Waals surface area contributed by atoms with Crippen LogP contribution in [0.5, 0.6) is 17.2 Å². The van der Waals surface area contributed by atoms with Crippen LogP contribution in [0.25, 0.3) is 5.95 Å². The van der Waals surface area contributed by atoms with Crippen LogP contribution in [-0.4, -0.2) is 83.4 Å². The van der Waals surface area contributed by atoms with Crippen LogP contribution in [0, 0.1) is 0 Å². The van der Waals surface area contributed by atoms with Gasteiger partial charge in [-0.15, -0.1) is 0 Å². The summed E-state index contributed by atoms with van der Waals surface area (Å²) in [5.74, 6) is 2.67.